The smallest absolute Gasteiger partial charge is 0.307 e. The van der Waals surface area contributed by atoms with Gasteiger partial charge in [0.25, 0.3) is 0 Å². The third-order valence-electron chi connectivity index (χ3n) is 3.71. The minimum Gasteiger partial charge on any atom is -0.497 e. The van der Waals surface area contributed by atoms with E-state index in [4.69, 9.17) is 14.6 Å². The van der Waals surface area contributed by atoms with E-state index in [1.54, 1.807) is 26.4 Å². The van der Waals surface area contributed by atoms with Gasteiger partial charge in [-0.1, -0.05) is 0 Å². The molecular weight excluding hydrogens is 274 g/mol. The van der Waals surface area contributed by atoms with Gasteiger partial charge in [0, 0.05) is 11.6 Å². The van der Waals surface area contributed by atoms with Gasteiger partial charge in [0.2, 0.25) is 5.91 Å². The minimum atomic E-state index is -0.912. The van der Waals surface area contributed by atoms with Crippen LogP contribution in [0, 0.1) is 11.8 Å². The SMILES string of the molecule is COc1ccc(C(C)NC(=O)C2CC2C(=O)O)c(OC)c1. The molecule has 2 N–H and O–H groups in total. The highest BCUT2D eigenvalue weighted by molar-refractivity contribution is 5.89. The summed E-state index contributed by atoms with van der Waals surface area (Å²) in [6.45, 7) is 1.83. The Labute approximate surface area is 123 Å². The lowest BCUT2D eigenvalue weighted by atomic mass is 10.1. The molecule has 114 valence electrons. The first-order chi connectivity index (χ1) is 9.97. The first-order valence-electron chi connectivity index (χ1n) is 6.73. The summed E-state index contributed by atoms with van der Waals surface area (Å²) < 4.78 is 10.4. The number of benzene rings is 1. The van der Waals surface area contributed by atoms with Crippen LogP contribution < -0.4 is 14.8 Å². The second-order valence-corrected chi connectivity index (χ2v) is 5.13. The van der Waals surface area contributed by atoms with Crippen LogP contribution >= 0.6 is 0 Å². The van der Waals surface area contributed by atoms with Gasteiger partial charge in [0.15, 0.2) is 0 Å². The number of methoxy groups -OCH3 is 2. The van der Waals surface area contributed by atoms with Crippen molar-refractivity contribution in [3.05, 3.63) is 23.8 Å². The minimum absolute atomic E-state index is 0.229. The van der Waals surface area contributed by atoms with Gasteiger partial charge in [-0.25, -0.2) is 0 Å². The summed E-state index contributed by atoms with van der Waals surface area (Å²) in [5.41, 5.74) is 0.819. The molecule has 0 aromatic heterocycles. The van der Waals surface area contributed by atoms with Gasteiger partial charge >= 0.3 is 5.97 Å². The molecule has 1 amide bonds. The van der Waals surface area contributed by atoms with Crippen molar-refractivity contribution in [1.29, 1.82) is 0 Å². The molecule has 1 aromatic rings. The number of carboxylic acids is 1. The topological polar surface area (TPSA) is 84.9 Å². The fourth-order valence-electron chi connectivity index (χ4n) is 2.33. The van der Waals surface area contributed by atoms with E-state index in [-0.39, 0.29) is 11.9 Å². The Bertz CT molecular complexity index is 557. The number of amides is 1. The van der Waals surface area contributed by atoms with E-state index in [2.05, 4.69) is 5.32 Å². The number of carboxylic acid groups (broad SMARTS) is 1. The fraction of sp³-hybridized carbons (Fsp3) is 0.467. The molecule has 6 heteroatoms. The van der Waals surface area contributed by atoms with Crippen molar-refractivity contribution in [2.45, 2.75) is 19.4 Å². The Morgan fingerprint density at radius 2 is 2.00 bits per heavy atom. The maximum atomic E-state index is 12.0. The van der Waals surface area contributed by atoms with Crippen LogP contribution in [0.15, 0.2) is 18.2 Å². The number of hydrogen-bond acceptors (Lipinski definition) is 4. The van der Waals surface area contributed by atoms with Crippen molar-refractivity contribution >= 4 is 11.9 Å². The molecule has 2 rings (SSSR count). The van der Waals surface area contributed by atoms with Gasteiger partial charge < -0.3 is 19.9 Å². The van der Waals surface area contributed by atoms with Gasteiger partial charge in [0.1, 0.15) is 11.5 Å². The van der Waals surface area contributed by atoms with Gasteiger partial charge in [-0.3, -0.25) is 9.59 Å². The van der Waals surface area contributed by atoms with E-state index in [0.29, 0.717) is 17.9 Å². The average molecular weight is 293 g/mol. The van der Waals surface area contributed by atoms with Gasteiger partial charge in [-0.2, -0.15) is 0 Å². The van der Waals surface area contributed by atoms with E-state index in [9.17, 15) is 9.59 Å². The van der Waals surface area contributed by atoms with Crippen molar-refractivity contribution in [3.63, 3.8) is 0 Å². The highest BCUT2D eigenvalue weighted by Gasteiger charge is 2.48. The molecule has 1 aromatic carbocycles. The number of nitrogens with one attached hydrogen (secondary N) is 1. The van der Waals surface area contributed by atoms with Crippen molar-refractivity contribution < 1.29 is 24.2 Å². The fourth-order valence-corrected chi connectivity index (χ4v) is 2.33. The first-order valence-corrected chi connectivity index (χ1v) is 6.73. The quantitative estimate of drug-likeness (QED) is 0.832. The predicted octanol–water partition coefficient (Wildman–Crippen LogP) is 1.60. The third-order valence-corrected chi connectivity index (χ3v) is 3.71. The number of carbonyl (C=O) groups excluding carboxylic acids is 1. The molecular formula is C15H19NO5. The van der Waals surface area contributed by atoms with E-state index < -0.39 is 17.8 Å². The Hall–Kier alpha value is -2.24. The van der Waals surface area contributed by atoms with Crippen LogP contribution in [0.1, 0.15) is 24.9 Å². The molecule has 6 nitrogen and oxygen atoms in total. The van der Waals surface area contributed by atoms with E-state index in [1.165, 1.54) is 0 Å². The maximum absolute atomic E-state index is 12.0. The Kier molecular flexibility index (Phi) is 4.35. The number of rotatable bonds is 6. The zero-order valence-corrected chi connectivity index (χ0v) is 12.3. The molecule has 1 aliphatic carbocycles. The van der Waals surface area contributed by atoms with Crippen LogP contribution in [-0.4, -0.2) is 31.2 Å². The van der Waals surface area contributed by atoms with Crippen molar-refractivity contribution in [2.24, 2.45) is 11.8 Å². The molecule has 1 aliphatic rings. The summed E-state index contributed by atoms with van der Waals surface area (Å²) in [7, 11) is 3.12. The van der Waals surface area contributed by atoms with Crippen LogP contribution in [-0.2, 0) is 9.59 Å². The van der Waals surface area contributed by atoms with Crippen LogP contribution in [0.4, 0.5) is 0 Å². The molecule has 3 unspecified atom stereocenters. The summed E-state index contributed by atoms with van der Waals surface area (Å²) in [4.78, 5) is 22.8. The second kappa shape index (κ2) is 6.03. The van der Waals surface area contributed by atoms with Crippen LogP contribution in [0.5, 0.6) is 11.5 Å². The van der Waals surface area contributed by atoms with E-state index in [1.807, 2.05) is 13.0 Å². The lowest BCUT2D eigenvalue weighted by Gasteiger charge is -2.18. The summed E-state index contributed by atoms with van der Waals surface area (Å²) in [6.07, 6.45) is 0.410. The van der Waals surface area contributed by atoms with Gasteiger partial charge in [-0.15, -0.1) is 0 Å². The standard InChI is InChI=1S/C15H19NO5/c1-8(16-14(17)11-7-12(11)15(18)19)10-5-4-9(20-2)6-13(10)21-3/h4-6,8,11-12H,7H2,1-3H3,(H,16,17)(H,18,19). The third kappa shape index (κ3) is 3.26. The number of aliphatic carboxylic acids is 1. The van der Waals surface area contributed by atoms with Gasteiger partial charge in [-0.05, 0) is 25.5 Å². The summed E-state index contributed by atoms with van der Waals surface area (Å²) in [5, 5.41) is 11.7. The largest absolute Gasteiger partial charge is 0.497 e. The molecule has 3 atom stereocenters. The lowest BCUT2D eigenvalue weighted by Crippen LogP contribution is -2.29. The average Bonchev–Trinajstić information content (AvgIpc) is 3.27. The molecule has 1 saturated carbocycles. The highest BCUT2D eigenvalue weighted by Crippen LogP contribution is 2.39. The molecule has 0 spiro atoms. The highest BCUT2D eigenvalue weighted by atomic mass is 16.5. The van der Waals surface area contributed by atoms with Crippen LogP contribution in [0.3, 0.4) is 0 Å². The molecule has 0 bridgehead atoms. The van der Waals surface area contributed by atoms with E-state index in [0.717, 1.165) is 5.56 Å². The zero-order chi connectivity index (χ0) is 15.6. The summed E-state index contributed by atoms with van der Waals surface area (Å²) in [5.74, 6) is -0.822. The number of hydrogen-bond donors (Lipinski definition) is 2. The monoisotopic (exact) mass is 293 g/mol. The zero-order valence-electron chi connectivity index (χ0n) is 12.3. The van der Waals surface area contributed by atoms with Gasteiger partial charge in [0.05, 0.1) is 32.1 Å². The van der Waals surface area contributed by atoms with Crippen LogP contribution in [0.2, 0.25) is 0 Å². The molecule has 1 fully saturated rings. The van der Waals surface area contributed by atoms with Crippen LogP contribution in [0.25, 0.3) is 0 Å². The Balaban J connectivity index is 2.05. The normalized spacial score (nSPS) is 21.3. The summed E-state index contributed by atoms with van der Waals surface area (Å²) in [6, 6.07) is 5.09. The Morgan fingerprint density at radius 1 is 1.29 bits per heavy atom. The number of ether oxygens (including phenoxy) is 2. The van der Waals surface area contributed by atoms with Crippen molar-refractivity contribution in [2.75, 3.05) is 14.2 Å². The predicted molar refractivity (Wildman–Crippen MR) is 75.3 cm³/mol. The molecule has 0 aliphatic heterocycles. The van der Waals surface area contributed by atoms with Crippen molar-refractivity contribution in [1.82, 2.24) is 5.32 Å². The Morgan fingerprint density at radius 3 is 2.52 bits per heavy atom. The van der Waals surface area contributed by atoms with E-state index >= 15 is 0 Å². The molecule has 0 radical (unpaired) electrons. The lowest BCUT2D eigenvalue weighted by molar-refractivity contribution is -0.140. The number of carbonyl (C=O) groups is 2. The molecule has 0 heterocycles. The molecule has 0 saturated heterocycles. The molecule has 21 heavy (non-hydrogen) atoms. The first kappa shape index (κ1) is 15.2. The summed E-state index contributed by atoms with van der Waals surface area (Å²) >= 11 is 0. The second-order valence-electron chi connectivity index (χ2n) is 5.13. The maximum Gasteiger partial charge on any atom is 0.307 e. The van der Waals surface area contributed by atoms with Crippen molar-refractivity contribution in [3.8, 4) is 11.5 Å².